The third kappa shape index (κ3) is 3.88. The molecule has 1 aromatic carbocycles. The Balaban J connectivity index is 2.23. The predicted molar refractivity (Wildman–Crippen MR) is 81.9 cm³/mol. The number of aryl methyl sites for hydroxylation is 1. The summed E-state index contributed by atoms with van der Waals surface area (Å²) in [5.41, 5.74) is 1.41. The van der Waals surface area contributed by atoms with E-state index >= 15 is 0 Å². The van der Waals surface area contributed by atoms with Gasteiger partial charge in [0, 0.05) is 0 Å². The van der Waals surface area contributed by atoms with Crippen molar-refractivity contribution in [3.63, 3.8) is 0 Å². The Labute approximate surface area is 133 Å². The summed E-state index contributed by atoms with van der Waals surface area (Å²) < 4.78 is 32.2. The van der Waals surface area contributed by atoms with E-state index in [4.69, 9.17) is 9.84 Å². The van der Waals surface area contributed by atoms with Crippen LogP contribution >= 0.6 is 0 Å². The van der Waals surface area contributed by atoms with Gasteiger partial charge >= 0.3 is 5.97 Å². The number of carboxylic acids is 1. The largest absolute Gasteiger partial charge is 0.495 e. The monoisotopic (exact) mass is 339 g/mol. The van der Waals surface area contributed by atoms with Crippen molar-refractivity contribution in [1.29, 1.82) is 0 Å². The van der Waals surface area contributed by atoms with Crippen molar-refractivity contribution in [3.05, 3.63) is 41.2 Å². The maximum Gasteiger partial charge on any atom is 0.335 e. The van der Waals surface area contributed by atoms with E-state index in [1.54, 1.807) is 6.07 Å². The fraction of sp³-hybridized carbons (Fsp3) is 0.286. The van der Waals surface area contributed by atoms with Crippen LogP contribution in [0.4, 0.5) is 0 Å². The second kappa shape index (κ2) is 6.80. The lowest BCUT2D eigenvalue weighted by molar-refractivity contribution is 0.0696. The van der Waals surface area contributed by atoms with Crippen LogP contribution in [0.2, 0.25) is 0 Å². The first-order chi connectivity index (χ1) is 10.9. The minimum atomic E-state index is -3.86. The number of hydrogen-bond acceptors (Lipinski definition) is 5. The van der Waals surface area contributed by atoms with Crippen LogP contribution in [0.1, 0.15) is 28.7 Å². The van der Waals surface area contributed by atoms with Gasteiger partial charge in [-0.1, -0.05) is 6.92 Å². The molecular weight excluding hydrogens is 322 g/mol. The molecule has 0 spiro atoms. The van der Waals surface area contributed by atoms with Crippen molar-refractivity contribution in [1.82, 2.24) is 14.9 Å². The second-order valence-corrected chi connectivity index (χ2v) is 6.47. The molecule has 124 valence electrons. The van der Waals surface area contributed by atoms with Gasteiger partial charge in [0.05, 0.1) is 30.6 Å². The Morgan fingerprint density at radius 1 is 1.39 bits per heavy atom. The third-order valence-electron chi connectivity index (χ3n) is 3.20. The highest BCUT2D eigenvalue weighted by molar-refractivity contribution is 7.89. The maximum absolute atomic E-state index is 12.4. The molecule has 9 heteroatoms. The van der Waals surface area contributed by atoms with E-state index in [1.165, 1.54) is 25.3 Å². The highest BCUT2D eigenvalue weighted by atomic mass is 32.2. The molecule has 0 fully saturated rings. The third-order valence-corrected chi connectivity index (χ3v) is 4.64. The summed E-state index contributed by atoms with van der Waals surface area (Å²) in [6.45, 7) is 1.98. The standard InChI is InChI=1S/C14H17N3O5S/c1-3-10-7-11(17-16-10)8-15-23(20,21)13-5-4-9(14(18)19)6-12(13)22-2/h4-7,15H,3,8H2,1-2H3,(H,16,17)(H,18,19). The summed E-state index contributed by atoms with van der Waals surface area (Å²) in [6.07, 6.45) is 0.744. The minimum absolute atomic E-state index is 0.0312. The van der Waals surface area contributed by atoms with Gasteiger partial charge < -0.3 is 9.84 Å². The first-order valence-electron chi connectivity index (χ1n) is 6.81. The lowest BCUT2D eigenvalue weighted by Crippen LogP contribution is -2.24. The minimum Gasteiger partial charge on any atom is -0.495 e. The van der Waals surface area contributed by atoms with Crippen LogP contribution in [-0.2, 0) is 23.0 Å². The summed E-state index contributed by atoms with van der Waals surface area (Å²) in [6, 6.07) is 5.36. The summed E-state index contributed by atoms with van der Waals surface area (Å²) in [5.74, 6) is -1.19. The number of sulfonamides is 1. The molecule has 2 aromatic rings. The number of ether oxygens (including phenoxy) is 1. The number of carbonyl (C=O) groups is 1. The van der Waals surface area contributed by atoms with E-state index < -0.39 is 16.0 Å². The summed E-state index contributed by atoms with van der Waals surface area (Å²) in [4.78, 5) is 10.8. The van der Waals surface area contributed by atoms with Crippen LogP contribution in [0, 0.1) is 0 Å². The molecule has 0 unspecified atom stereocenters. The van der Waals surface area contributed by atoms with Crippen molar-refractivity contribution in [2.45, 2.75) is 24.8 Å². The molecule has 0 amide bonds. The highest BCUT2D eigenvalue weighted by Crippen LogP contribution is 2.25. The van der Waals surface area contributed by atoms with Crippen molar-refractivity contribution in [3.8, 4) is 5.75 Å². The van der Waals surface area contributed by atoms with E-state index in [-0.39, 0.29) is 22.8 Å². The van der Waals surface area contributed by atoms with Gasteiger partial charge in [-0.15, -0.1) is 0 Å². The summed E-state index contributed by atoms with van der Waals surface area (Å²) >= 11 is 0. The number of nitrogens with zero attached hydrogens (tertiary/aromatic N) is 1. The number of aromatic carboxylic acids is 1. The van der Waals surface area contributed by atoms with Crippen molar-refractivity contribution in [2.75, 3.05) is 7.11 Å². The number of aromatic nitrogens is 2. The van der Waals surface area contributed by atoms with Gasteiger partial charge in [0.2, 0.25) is 10.0 Å². The molecule has 8 nitrogen and oxygen atoms in total. The lowest BCUT2D eigenvalue weighted by atomic mass is 10.2. The number of H-pyrrole nitrogens is 1. The van der Waals surface area contributed by atoms with Gasteiger partial charge in [0.25, 0.3) is 0 Å². The van der Waals surface area contributed by atoms with Gasteiger partial charge in [-0.2, -0.15) is 5.10 Å². The SMILES string of the molecule is CCc1cc(CNS(=O)(=O)c2ccc(C(=O)O)cc2OC)[nH]n1. The van der Waals surface area contributed by atoms with Gasteiger partial charge in [0.1, 0.15) is 10.6 Å². The molecule has 0 saturated heterocycles. The average Bonchev–Trinajstić information content (AvgIpc) is 3.00. The molecule has 0 aliphatic rings. The summed E-state index contributed by atoms with van der Waals surface area (Å²) in [5, 5.41) is 15.7. The molecule has 0 radical (unpaired) electrons. The van der Waals surface area contributed by atoms with Crippen LogP contribution in [0.15, 0.2) is 29.2 Å². The number of aromatic amines is 1. The first-order valence-corrected chi connectivity index (χ1v) is 8.30. The number of benzene rings is 1. The summed E-state index contributed by atoms with van der Waals surface area (Å²) in [7, 11) is -2.58. The molecule has 0 saturated carbocycles. The maximum atomic E-state index is 12.4. The van der Waals surface area contributed by atoms with Gasteiger partial charge in [-0.3, -0.25) is 5.10 Å². The molecule has 3 N–H and O–H groups in total. The fourth-order valence-corrected chi connectivity index (χ4v) is 3.11. The Morgan fingerprint density at radius 3 is 2.70 bits per heavy atom. The number of carboxylic acid groups (broad SMARTS) is 1. The molecule has 2 rings (SSSR count). The van der Waals surface area contributed by atoms with Crippen LogP contribution in [0.25, 0.3) is 0 Å². The van der Waals surface area contributed by atoms with Crippen LogP contribution < -0.4 is 9.46 Å². The fourth-order valence-electron chi connectivity index (χ4n) is 1.95. The van der Waals surface area contributed by atoms with Crippen LogP contribution in [-0.4, -0.2) is 36.8 Å². The van der Waals surface area contributed by atoms with Crippen molar-refractivity contribution < 1.29 is 23.1 Å². The van der Waals surface area contributed by atoms with Crippen LogP contribution in [0.3, 0.4) is 0 Å². The molecule has 0 aliphatic carbocycles. The Kier molecular flexibility index (Phi) is 5.02. The van der Waals surface area contributed by atoms with Crippen molar-refractivity contribution in [2.24, 2.45) is 0 Å². The number of nitrogens with one attached hydrogen (secondary N) is 2. The number of methoxy groups -OCH3 is 1. The molecule has 1 heterocycles. The van der Waals surface area contributed by atoms with Gasteiger partial charge in [-0.05, 0) is 30.7 Å². The molecule has 23 heavy (non-hydrogen) atoms. The molecular formula is C14H17N3O5S. The quantitative estimate of drug-likeness (QED) is 0.696. The molecule has 0 aliphatic heterocycles. The average molecular weight is 339 g/mol. The van der Waals surface area contributed by atoms with Gasteiger partial charge in [0.15, 0.2) is 0 Å². The molecule has 1 aromatic heterocycles. The van der Waals surface area contributed by atoms with E-state index in [9.17, 15) is 13.2 Å². The highest BCUT2D eigenvalue weighted by Gasteiger charge is 2.21. The Bertz CT molecular complexity index is 814. The van der Waals surface area contributed by atoms with Crippen molar-refractivity contribution >= 4 is 16.0 Å². The second-order valence-electron chi connectivity index (χ2n) is 4.73. The lowest BCUT2D eigenvalue weighted by Gasteiger charge is -2.11. The van der Waals surface area contributed by atoms with Crippen LogP contribution in [0.5, 0.6) is 5.75 Å². The predicted octanol–water partition coefficient (Wildman–Crippen LogP) is 1.16. The van der Waals surface area contributed by atoms with E-state index in [2.05, 4.69) is 14.9 Å². The van der Waals surface area contributed by atoms with E-state index in [1.807, 2.05) is 6.92 Å². The Morgan fingerprint density at radius 2 is 2.13 bits per heavy atom. The van der Waals surface area contributed by atoms with E-state index in [0.29, 0.717) is 5.69 Å². The normalized spacial score (nSPS) is 11.4. The smallest absolute Gasteiger partial charge is 0.335 e. The zero-order chi connectivity index (χ0) is 17.0. The molecule has 0 bridgehead atoms. The first kappa shape index (κ1) is 17.0. The molecule has 0 atom stereocenters. The topological polar surface area (TPSA) is 121 Å². The number of hydrogen-bond donors (Lipinski definition) is 3. The number of rotatable bonds is 7. The zero-order valence-corrected chi connectivity index (χ0v) is 13.5. The van der Waals surface area contributed by atoms with E-state index in [0.717, 1.165) is 12.1 Å². The van der Waals surface area contributed by atoms with Gasteiger partial charge in [-0.25, -0.2) is 17.9 Å². The zero-order valence-electron chi connectivity index (χ0n) is 12.7. The Hall–Kier alpha value is -2.39.